The Morgan fingerprint density at radius 2 is 1.74 bits per heavy atom. The van der Waals surface area contributed by atoms with E-state index in [0.717, 1.165) is 5.69 Å². The number of para-hydroxylation sites is 3. The molecule has 3 aromatic rings. The van der Waals surface area contributed by atoms with Crippen molar-refractivity contribution in [2.45, 2.75) is 6.92 Å². The van der Waals surface area contributed by atoms with E-state index in [4.69, 9.17) is 4.74 Å². The molecule has 0 amide bonds. The maximum Gasteiger partial charge on any atom is 0.333 e. The number of aryl methyl sites for hydroxylation is 1. The third kappa shape index (κ3) is 3.79. The van der Waals surface area contributed by atoms with Crippen LogP contribution in [0, 0.1) is 17.0 Å². The summed E-state index contributed by atoms with van der Waals surface area (Å²) in [7, 11) is 3.30. The third-order valence-corrected chi connectivity index (χ3v) is 4.04. The van der Waals surface area contributed by atoms with E-state index in [1.165, 1.54) is 0 Å². The molecule has 1 heterocycles. The predicted molar refractivity (Wildman–Crippen MR) is 104 cm³/mol. The molecule has 0 unspecified atom stereocenters. The van der Waals surface area contributed by atoms with Crippen LogP contribution >= 0.6 is 0 Å². The Hall–Kier alpha value is -3.68. The van der Waals surface area contributed by atoms with Gasteiger partial charge in [0.2, 0.25) is 11.8 Å². The molecule has 0 aliphatic carbocycles. The van der Waals surface area contributed by atoms with Crippen molar-refractivity contribution in [3.05, 3.63) is 70.4 Å². The average molecular weight is 365 g/mol. The van der Waals surface area contributed by atoms with Crippen LogP contribution in [0.3, 0.4) is 0 Å². The summed E-state index contributed by atoms with van der Waals surface area (Å²) in [6.07, 6.45) is 0. The molecule has 138 valence electrons. The number of ether oxygens (including phenoxy) is 1. The highest BCUT2D eigenvalue weighted by molar-refractivity contribution is 5.72. The predicted octanol–water partition coefficient (Wildman–Crippen LogP) is 4.21. The van der Waals surface area contributed by atoms with Gasteiger partial charge in [-0.05, 0) is 31.2 Å². The number of nitrogens with one attached hydrogen (secondary N) is 1. The number of hydrogen-bond acceptors (Lipinski definition) is 7. The van der Waals surface area contributed by atoms with Gasteiger partial charge in [-0.15, -0.1) is 0 Å². The lowest BCUT2D eigenvalue weighted by Gasteiger charge is -2.19. The maximum absolute atomic E-state index is 11.6. The molecular formula is C19H19N5O3. The fourth-order valence-electron chi connectivity index (χ4n) is 2.70. The van der Waals surface area contributed by atoms with Crippen molar-refractivity contribution in [3.63, 3.8) is 0 Å². The van der Waals surface area contributed by atoms with Crippen molar-refractivity contribution in [2.24, 2.45) is 0 Å². The molecule has 1 N–H and O–H groups in total. The lowest BCUT2D eigenvalue weighted by Crippen LogP contribution is -2.16. The molecular weight excluding hydrogens is 346 g/mol. The minimum Gasteiger partial charge on any atom is -0.495 e. The molecule has 8 nitrogen and oxygen atoms in total. The van der Waals surface area contributed by atoms with E-state index >= 15 is 0 Å². The Morgan fingerprint density at radius 1 is 1.07 bits per heavy atom. The summed E-state index contributed by atoms with van der Waals surface area (Å²) in [6, 6.07) is 16.6. The highest BCUT2D eigenvalue weighted by atomic mass is 16.6. The molecule has 0 saturated carbocycles. The Morgan fingerprint density at radius 3 is 2.41 bits per heavy atom. The fourth-order valence-corrected chi connectivity index (χ4v) is 2.70. The van der Waals surface area contributed by atoms with Gasteiger partial charge in [0.1, 0.15) is 11.4 Å². The van der Waals surface area contributed by atoms with Crippen LogP contribution in [0.25, 0.3) is 0 Å². The van der Waals surface area contributed by atoms with Crippen LogP contribution in [0.4, 0.5) is 28.8 Å². The van der Waals surface area contributed by atoms with Gasteiger partial charge in [0, 0.05) is 12.7 Å². The van der Waals surface area contributed by atoms with E-state index in [9.17, 15) is 10.1 Å². The Bertz CT molecular complexity index is 963. The zero-order valence-electron chi connectivity index (χ0n) is 15.2. The van der Waals surface area contributed by atoms with E-state index in [2.05, 4.69) is 15.3 Å². The highest BCUT2D eigenvalue weighted by Gasteiger charge is 2.26. The zero-order valence-corrected chi connectivity index (χ0v) is 15.2. The molecule has 2 aromatic carbocycles. The van der Waals surface area contributed by atoms with Crippen molar-refractivity contribution < 1.29 is 9.66 Å². The van der Waals surface area contributed by atoms with Gasteiger partial charge in [0.15, 0.2) is 0 Å². The normalized spacial score (nSPS) is 10.3. The molecule has 0 fully saturated rings. The van der Waals surface area contributed by atoms with E-state index in [-0.39, 0.29) is 23.1 Å². The first-order valence-electron chi connectivity index (χ1n) is 8.23. The topological polar surface area (TPSA) is 93.4 Å². The minimum absolute atomic E-state index is 0.132. The molecule has 0 aliphatic rings. The summed E-state index contributed by atoms with van der Waals surface area (Å²) in [5.41, 5.74) is 1.58. The Labute approximate surface area is 156 Å². The maximum atomic E-state index is 11.6. The number of rotatable bonds is 6. The second-order valence-electron chi connectivity index (χ2n) is 5.78. The van der Waals surface area contributed by atoms with Gasteiger partial charge >= 0.3 is 5.69 Å². The summed E-state index contributed by atoms with van der Waals surface area (Å²) in [6.45, 7) is 1.59. The number of nitro groups is 1. The SMILES string of the molecule is COc1ccccc1Nc1nc(C)c([N+](=O)[O-])c(N(C)c2ccccc2)n1. The van der Waals surface area contributed by atoms with Crippen molar-refractivity contribution in [1.82, 2.24) is 9.97 Å². The Balaban J connectivity index is 2.07. The first kappa shape index (κ1) is 18.1. The first-order valence-corrected chi connectivity index (χ1v) is 8.23. The number of benzene rings is 2. The molecule has 27 heavy (non-hydrogen) atoms. The molecule has 0 radical (unpaired) electrons. The minimum atomic E-state index is -0.461. The molecule has 0 saturated heterocycles. The smallest absolute Gasteiger partial charge is 0.333 e. The molecule has 1 aromatic heterocycles. The molecule has 0 aliphatic heterocycles. The third-order valence-electron chi connectivity index (χ3n) is 4.04. The molecule has 3 rings (SSSR count). The Kier molecular flexibility index (Phi) is 5.16. The standard InChI is InChI=1S/C19H19N5O3/c1-13-17(24(25)26)18(23(2)14-9-5-4-6-10-14)22-19(20-13)21-15-11-7-8-12-16(15)27-3/h4-12H,1-3H3,(H,20,21,22). The average Bonchev–Trinajstić information content (AvgIpc) is 2.67. The van der Waals surface area contributed by atoms with Gasteiger partial charge in [0.25, 0.3) is 0 Å². The first-order chi connectivity index (χ1) is 13.0. The number of aromatic nitrogens is 2. The van der Waals surface area contributed by atoms with Crippen LogP contribution in [-0.4, -0.2) is 29.0 Å². The van der Waals surface area contributed by atoms with Gasteiger partial charge < -0.3 is 15.0 Å². The second-order valence-corrected chi connectivity index (χ2v) is 5.78. The van der Waals surface area contributed by atoms with Crippen LogP contribution in [0.5, 0.6) is 5.75 Å². The molecule has 0 spiro atoms. The van der Waals surface area contributed by atoms with Crippen LogP contribution in [-0.2, 0) is 0 Å². The molecule has 8 heteroatoms. The van der Waals surface area contributed by atoms with Crippen molar-refractivity contribution >= 4 is 28.8 Å². The van der Waals surface area contributed by atoms with Crippen LogP contribution in [0.15, 0.2) is 54.6 Å². The highest BCUT2D eigenvalue weighted by Crippen LogP contribution is 2.34. The van der Waals surface area contributed by atoms with Gasteiger partial charge in [0.05, 0.1) is 17.7 Å². The summed E-state index contributed by atoms with van der Waals surface area (Å²) in [5.74, 6) is 1.08. The monoisotopic (exact) mass is 365 g/mol. The summed E-state index contributed by atoms with van der Waals surface area (Å²) in [5, 5.41) is 14.7. The van der Waals surface area contributed by atoms with Gasteiger partial charge in [-0.25, -0.2) is 4.98 Å². The van der Waals surface area contributed by atoms with E-state index < -0.39 is 4.92 Å². The number of nitrogens with zero attached hydrogens (tertiary/aromatic N) is 4. The lowest BCUT2D eigenvalue weighted by atomic mass is 10.2. The number of anilines is 4. The second kappa shape index (κ2) is 7.69. The van der Waals surface area contributed by atoms with E-state index in [0.29, 0.717) is 11.4 Å². The van der Waals surface area contributed by atoms with Gasteiger partial charge in [-0.2, -0.15) is 4.98 Å². The molecule has 0 bridgehead atoms. The zero-order chi connectivity index (χ0) is 19.4. The number of hydrogen-bond donors (Lipinski definition) is 1. The fraction of sp³-hybridized carbons (Fsp3) is 0.158. The van der Waals surface area contributed by atoms with Crippen molar-refractivity contribution in [3.8, 4) is 5.75 Å². The van der Waals surface area contributed by atoms with Crippen LogP contribution in [0.1, 0.15) is 5.69 Å². The summed E-state index contributed by atoms with van der Waals surface area (Å²) in [4.78, 5) is 21.5. The van der Waals surface area contributed by atoms with Crippen molar-refractivity contribution in [2.75, 3.05) is 24.4 Å². The quantitative estimate of drug-likeness (QED) is 0.516. The van der Waals surface area contributed by atoms with Crippen LogP contribution < -0.4 is 15.0 Å². The van der Waals surface area contributed by atoms with Gasteiger partial charge in [-0.3, -0.25) is 10.1 Å². The van der Waals surface area contributed by atoms with Gasteiger partial charge in [-0.1, -0.05) is 30.3 Å². The molecule has 0 atom stereocenters. The van der Waals surface area contributed by atoms with Crippen molar-refractivity contribution in [1.29, 1.82) is 0 Å². The lowest BCUT2D eigenvalue weighted by molar-refractivity contribution is -0.385. The van der Waals surface area contributed by atoms with E-state index in [1.807, 2.05) is 48.5 Å². The number of methoxy groups -OCH3 is 1. The summed E-state index contributed by atoms with van der Waals surface area (Å²) >= 11 is 0. The largest absolute Gasteiger partial charge is 0.495 e. The summed E-state index contributed by atoms with van der Waals surface area (Å²) < 4.78 is 5.32. The van der Waals surface area contributed by atoms with E-state index in [1.54, 1.807) is 32.0 Å². The van der Waals surface area contributed by atoms with Crippen LogP contribution in [0.2, 0.25) is 0 Å².